The number of nitrogens with one attached hydrogen (secondary N) is 1. The van der Waals surface area contributed by atoms with Gasteiger partial charge in [-0.2, -0.15) is 17.0 Å². The van der Waals surface area contributed by atoms with Crippen LogP contribution in [-0.4, -0.2) is 72.2 Å². The van der Waals surface area contributed by atoms with Gasteiger partial charge >= 0.3 is 6.03 Å². The van der Waals surface area contributed by atoms with E-state index in [1.165, 1.54) is 20.9 Å². The maximum Gasteiger partial charge on any atom is 0.321 e. The third-order valence-electron chi connectivity index (χ3n) is 4.42. The van der Waals surface area contributed by atoms with Crippen LogP contribution in [0.2, 0.25) is 0 Å². The number of carbonyl (C=O) groups is 1. The summed E-state index contributed by atoms with van der Waals surface area (Å²) >= 11 is 0. The van der Waals surface area contributed by atoms with Crippen LogP contribution in [0.1, 0.15) is 19.3 Å². The molecule has 0 aliphatic carbocycles. The van der Waals surface area contributed by atoms with E-state index in [2.05, 4.69) is 10.3 Å². The molecule has 0 saturated carbocycles. The first-order valence-electron chi connectivity index (χ1n) is 8.38. The minimum Gasteiger partial charge on any atom is -0.323 e. The van der Waals surface area contributed by atoms with E-state index in [0.717, 1.165) is 19.0 Å². The highest BCUT2D eigenvalue weighted by molar-refractivity contribution is 7.86. The summed E-state index contributed by atoms with van der Waals surface area (Å²) in [5, 5.41) is 2.60. The molecule has 25 heavy (non-hydrogen) atoms. The summed E-state index contributed by atoms with van der Waals surface area (Å²) < 4.78 is 41.4. The van der Waals surface area contributed by atoms with Crippen LogP contribution in [-0.2, 0) is 10.2 Å². The molecule has 1 aromatic rings. The average molecular weight is 371 g/mol. The molecular formula is C15H22FN5O3S. The smallest absolute Gasteiger partial charge is 0.321 e. The summed E-state index contributed by atoms with van der Waals surface area (Å²) in [6, 6.07) is 0.806. The molecule has 138 valence electrons. The SMILES string of the molecule is O=C(Nc1cncc(F)c1)N1CCCN(S(=O)(=O)N2CCCC2)CC1. The Bertz CT molecular complexity index is 724. The Kier molecular flexibility index (Phi) is 5.50. The fourth-order valence-electron chi connectivity index (χ4n) is 3.09. The zero-order valence-corrected chi connectivity index (χ0v) is 14.7. The summed E-state index contributed by atoms with van der Waals surface area (Å²) in [6.07, 6.45) is 4.76. The Morgan fingerprint density at radius 3 is 2.40 bits per heavy atom. The van der Waals surface area contributed by atoms with Gasteiger partial charge in [0.05, 0.1) is 18.1 Å². The topological polar surface area (TPSA) is 85.9 Å². The van der Waals surface area contributed by atoms with Gasteiger partial charge in [0, 0.05) is 45.3 Å². The predicted molar refractivity (Wildman–Crippen MR) is 90.7 cm³/mol. The predicted octanol–water partition coefficient (Wildman–Crippen LogP) is 1.10. The molecule has 8 nitrogen and oxygen atoms in total. The molecular weight excluding hydrogens is 349 g/mol. The second kappa shape index (κ2) is 7.63. The van der Waals surface area contributed by atoms with E-state index in [4.69, 9.17) is 0 Å². The molecule has 2 fully saturated rings. The molecule has 0 unspecified atom stereocenters. The van der Waals surface area contributed by atoms with Gasteiger partial charge in [-0.15, -0.1) is 0 Å². The third kappa shape index (κ3) is 4.25. The molecule has 0 spiro atoms. The number of urea groups is 1. The number of carbonyl (C=O) groups excluding carboxylic acids is 1. The molecule has 2 aliphatic rings. The van der Waals surface area contributed by atoms with Crippen LogP contribution < -0.4 is 5.32 Å². The van der Waals surface area contributed by atoms with E-state index in [0.29, 0.717) is 39.1 Å². The number of hydrogen-bond acceptors (Lipinski definition) is 4. The summed E-state index contributed by atoms with van der Waals surface area (Å²) in [5.74, 6) is -0.531. The number of rotatable bonds is 3. The molecule has 3 heterocycles. The lowest BCUT2D eigenvalue weighted by molar-refractivity contribution is 0.214. The number of pyridine rings is 1. The van der Waals surface area contributed by atoms with Gasteiger partial charge in [0.2, 0.25) is 0 Å². The van der Waals surface area contributed by atoms with Crippen molar-refractivity contribution in [2.24, 2.45) is 0 Å². The van der Waals surface area contributed by atoms with Crippen molar-refractivity contribution < 1.29 is 17.6 Å². The second-order valence-electron chi connectivity index (χ2n) is 6.18. The highest BCUT2D eigenvalue weighted by Crippen LogP contribution is 2.18. The van der Waals surface area contributed by atoms with Gasteiger partial charge in [0.1, 0.15) is 5.82 Å². The zero-order valence-electron chi connectivity index (χ0n) is 13.9. The number of nitrogens with zero attached hydrogens (tertiary/aromatic N) is 4. The summed E-state index contributed by atoms with van der Waals surface area (Å²) in [6.45, 7) is 2.52. The number of halogens is 1. The molecule has 0 aromatic carbocycles. The summed E-state index contributed by atoms with van der Waals surface area (Å²) in [4.78, 5) is 17.6. The van der Waals surface area contributed by atoms with Crippen molar-refractivity contribution in [2.45, 2.75) is 19.3 Å². The van der Waals surface area contributed by atoms with E-state index in [-0.39, 0.29) is 18.3 Å². The number of anilines is 1. The van der Waals surface area contributed by atoms with Crippen LogP contribution in [0.15, 0.2) is 18.5 Å². The zero-order chi connectivity index (χ0) is 17.9. The van der Waals surface area contributed by atoms with Crippen molar-refractivity contribution >= 4 is 21.9 Å². The van der Waals surface area contributed by atoms with Gasteiger partial charge in [-0.3, -0.25) is 4.98 Å². The molecule has 1 N–H and O–H groups in total. The summed E-state index contributed by atoms with van der Waals surface area (Å²) in [5.41, 5.74) is 0.274. The molecule has 0 atom stereocenters. The molecule has 0 bridgehead atoms. The Balaban J connectivity index is 1.60. The van der Waals surface area contributed by atoms with Crippen molar-refractivity contribution in [3.8, 4) is 0 Å². The minimum absolute atomic E-state index is 0.258. The largest absolute Gasteiger partial charge is 0.323 e. The van der Waals surface area contributed by atoms with Gasteiger partial charge in [-0.25, -0.2) is 9.18 Å². The van der Waals surface area contributed by atoms with Crippen LogP contribution >= 0.6 is 0 Å². The first-order chi connectivity index (χ1) is 12.0. The second-order valence-corrected chi connectivity index (χ2v) is 8.10. The van der Waals surface area contributed by atoms with Gasteiger partial charge in [0.25, 0.3) is 10.2 Å². The van der Waals surface area contributed by atoms with E-state index in [9.17, 15) is 17.6 Å². The fraction of sp³-hybridized carbons (Fsp3) is 0.600. The van der Waals surface area contributed by atoms with Gasteiger partial charge in [0.15, 0.2) is 0 Å². The molecule has 0 radical (unpaired) electrons. The van der Waals surface area contributed by atoms with E-state index >= 15 is 0 Å². The Hall–Kier alpha value is -1.78. The van der Waals surface area contributed by atoms with Gasteiger partial charge in [-0.05, 0) is 19.3 Å². The molecule has 10 heteroatoms. The normalized spacial score (nSPS) is 20.4. The number of hydrogen-bond donors (Lipinski definition) is 1. The minimum atomic E-state index is -3.45. The van der Waals surface area contributed by atoms with Crippen molar-refractivity contribution in [3.63, 3.8) is 0 Å². The van der Waals surface area contributed by atoms with Crippen LogP contribution in [0.3, 0.4) is 0 Å². The maximum atomic E-state index is 13.1. The highest BCUT2D eigenvalue weighted by Gasteiger charge is 2.33. The lowest BCUT2D eigenvalue weighted by atomic mass is 10.4. The van der Waals surface area contributed by atoms with E-state index in [1.807, 2.05) is 0 Å². The van der Waals surface area contributed by atoms with Crippen LogP contribution in [0, 0.1) is 5.82 Å². The molecule has 2 saturated heterocycles. The Morgan fingerprint density at radius 1 is 1.00 bits per heavy atom. The molecule has 3 rings (SSSR count). The number of aromatic nitrogens is 1. The standard InChI is InChI=1S/C15H22FN5O3S/c16-13-10-14(12-17-11-13)18-15(22)19-4-3-7-21(9-8-19)25(23,24)20-5-1-2-6-20/h10-12H,1-9H2,(H,18,22). The van der Waals surface area contributed by atoms with E-state index in [1.54, 1.807) is 4.90 Å². The van der Waals surface area contributed by atoms with Gasteiger partial charge in [-0.1, -0.05) is 0 Å². The third-order valence-corrected chi connectivity index (χ3v) is 6.45. The molecule has 2 amide bonds. The highest BCUT2D eigenvalue weighted by atomic mass is 32.2. The Morgan fingerprint density at radius 2 is 1.68 bits per heavy atom. The fourth-order valence-corrected chi connectivity index (χ4v) is 4.81. The lowest BCUT2D eigenvalue weighted by Gasteiger charge is -2.26. The van der Waals surface area contributed by atoms with Crippen LogP contribution in [0.5, 0.6) is 0 Å². The molecule has 1 aromatic heterocycles. The Labute approximate surface area is 146 Å². The number of amides is 2. The van der Waals surface area contributed by atoms with Crippen molar-refractivity contribution in [3.05, 3.63) is 24.3 Å². The quantitative estimate of drug-likeness (QED) is 0.862. The first kappa shape index (κ1) is 18.0. The van der Waals surface area contributed by atoms with Crippen LogP contribution in [0.4, 0.5) is 14.9 Å². The van der Waals surface area contributed by atoms with E-state index < -0.39 is 16.0 Å². The van der Waals surface area contributed by atoms with Crippen molar-refractivity contribution in [2.75, 3.05) is 44.6 Å². The van der Waals surface area contributed by atoms with Gasteiger partial charge < -0.3 is 10.2 Å². The lowest BCUT2D eigenvalue weighted by Crippen LogP contribution is -2.44. The van der Waals surface area contributed by atoms with Crippen molar-refractivity contribution in [1.82, 2.24) is 18.5 Å². The molecule has 2 aliphatic heterocycles. The monoisotopic (exact) mass is 371 g/mol. The van der Waals surface area contributed by atoms with Crippen LogP contribution in [0.25, 0.3) is 0 Å². The van der Waals surface area contributed by atoms with Crippen molar-refractivity contribution in [1.29, 1.82) is 0 Å². The summed E-state index contributed by atoms with van der Waals surface area (Å²) in [7, 11) is -3.45. The maximum absolute atomic E-state index is 13.1. The first-order valence-corrected chi connectivity index (χ1v) is 9.78. The average Bonchev–Trinajstić information content (AvgIpc) is 3.00.